The van der Waals surface area contributed by atoms with Gasteiger partial charge in [0.25, 0.3) is 0 Å². The monoisotopic (exact) mass is 258 g/mol. The molecule has 1 aliphatic rings. The molecule has 1 aromatic heterocycles. The molecule has 0 bridgehead atoms. The van der Waals surface area contributed by atoms with Crippen LogP contribution in [0.3, 0.4) is 0 Å². The highest BCUT2D eigenvalue weighted by atomic mass is 16.2. The molecular weight excluding hydrogens is 240 g/mol. The van der Waals surface area contributed by atoms with Crippen molar-refractivity contribution in [2.45, 2.75) is 6.54 Å². The number of amides is 1. The van der Waals surface area contributed by atoms with Crippen LogP contribution in [0.15, 0.2) is 30.6 Å². The van der Waals surface area contributed by atoms with Crippen molar-refractivity contribution in [2.75, 3.05) is 33.2 Å². The molecule has 100 valence electrons. The van der Waals surface area contributed by atoms with E-state index >= 15 is 0 Å². The van der Waals surface area contributed by atoms with E-state index in [1.54, 1.807) is 6.33 Å². The highest BCUT2D eigenvalue weighted by Gasteiger charge is 2.19. The molecule has 1 aliphatic heterocycles. The van der Waals surface area contributed by atoms with E-state index in [2.05, 4.69) is 16.9 Å². The lowest BCUT2D eigenvalue weighted by Crippen LogP contribution is -2.48. The van der Waals surface area contributed by atoms with Gasteiger partial charge in [0.15, 0.2) is 0 Å². The quantitative estimate of drug-likeness (QED) is 0.800. The second-order valence-electron chi connectivity index (χ2n) is 5.05. The summed E-state index contributed by atoms with van der Waals surface area (Å²) in [6.45, 7) is 3.93. The summed E-state index contributed by atoms with van der Waals surface area (Å²) in [4.78, 5) is 20.8. The summed E-state index contributed by atoms with van der Waals surface area (Å²) in [5.41, 5.74) is 1.96. The van der Waals surface area contributed by atoms with Gasteiger partial charge < -0.3 is 14.4 Å². The normalized spacial score (nSPS) is 17.0. The van der Waals surface area contributed by atoms with Crippen LogP contribution >= 0.6 is 0 Å². The van der Waals surface area contributed by atoms with Gasteiger partial charge in [-0.2, -0.15) is 0 Å². The zero-order valence-electron chi connectivity index (χ0n) is 11.1. The molecule has 0 radical (unpaired) electrons. The van der Waals surface area contributed by atoms with Crippen molar-refractivity contribution in [3.63, 3.8) is 0 Å². The Labute approximate surface area is 112 Å². The Kier molecular flexibility index (Phi) is 3.21. The van der Waals surface area contributed by atoms with E-state index in [1.165, 1.54) is 0 Å². The van der Waals surface area contributed by atoms with Crippen LogP contribution in [0.5, 0.6) is 0 Å². The predicted octanol–water partition coefficient (Wildman–Crippen LogP) is 0.810. The maximum atomic E-state index is 12.3. The summed E-state index contributed by atoms with van der Waals surface area (Å²) in [5, 5.41) is 0. The molecule has 0 spiro atoms. The van der Waals surface area contributed by atoms with Crippen molar-refractivity contribution in [2.24, 2.45) is 0 Å². The Morgan fingerprint density at radius 1 is 1.21 bits per heavy atom. The number of nitrogens with zero attached hydrogens (tertiary/aromatic N) is 4. The molecule has 19 heavy (non-hydrogen) atoms. The van der Waals surface area contributed by atoms with Gasteiger partial charge in [-0.15, -0.1) is 0 Å². The van der Waals surface area contributed by atoms with Gasteiger partial charge in [-0.25, -0.2) is 4.98 Å². The molecule has 1 aromatic carbocycles. The number of hydrogen-bond acceptors (Lipinski definition) is 3. The number of likely N-dealkylation sites (N-methyl/N-ethyl adjacent to an activating group) is 1. The third-order valence-electron chi connectivity index (χ3n) is 3.69. The molecule has 1 saturated heterocycles. The molecule has 1 fully saturated rings. The number of para-hydroxylation sites is 2. The van der Waals surface area contributed by atoms with Crippen molar-refractivity contribution < 1.29 is 4.79 Å². The van der Waals surface area contributed by atoms with Gasteiger partial charge in [0.1, 0.15) is 6.54 Å². The van der Waals surface area contributed by atoms with Gasteiger partial charge in [-0.05, 0) is 19.2 Å². The van der Waals surface area contributed by atoms with Crippen molar-refractivity contribution in [3.8, 4) is 0 Å². The Morgan fingerprint density at radius 3 is 2.74 bits per heavy atom. The molecule has 5 heteroatoms. The van der Waals surface area contributed by atoms with Crippen LogP contribution in [-0.2, 0) is 11.3 Å². The number of piperazine rings is 1. The molecule has 0 saturated carbocycles. The van der Waals surface area contributed by atoms with Crippen LogP contribution in [0.4, 0.5) is 0 Å². The highest BCUT2D eigenvalue weighted by Crippen LogP contribution is 2.12. The zero-order chi connectivity index (χ0) is 13.2. The molecule has 1 amide bonds. The first-order valence-electron chi connectivity index (χ1n) is 6.60. The van der Waals surface area contributed by atoms with Crippen molar-refractivity contribution in [1.82, 2.24) is 19.4 Å². The molecular formula is C14H18N4O. The Balaban J connectivity index is 1.72. The third kappa shape index (κ3) is 2.46. The fourth-order valence-electron chi connectivity index (χ4n) is 2.44. The first kappa shape index (κ1) is 12.2. The summed E-state index contributed by atoms with van der Waals surface area (Å²) in [5.74, 6) is 0.177. The van der Waals surface area contributed by atoms with E-state index < -0.39 is 0 Å². The Morgan fingerprint density at radius 2 is 1.95 bits per heavy atom. The fourth-order valence-corrected chi connectivity index (χ4v) is 2.44. The summed E-state index contributed by atoms with van der Waals surface area (Å²) < 4.78 is 1.93. The van der Waals surface area contributed by atoms with Crippen LogP contribution in [0.1, 0.15) is 0 Å². The number of fused-ring (bicyclic) bond motifs is 1. The summed E-state index contributed by atoms with van der Waals surface area (Å²) >= 11 is 0. The maximum absolute atomic E-state index is 12.3. The number of imidazole rings is 1. The lowest BCUT2D eigenvalue weighted by atomic mass is 10.3. The number of rotatable bonds is 2. The summed E-state index contributed by atoms with van der Waals surface area (Å²) in [6, 6.07) is 7.90. The lowest BCUT2D eigenvalue weighted by molar-refractivity contribution is -0.133. The molecule has 0 unspecified atom stereocenters. The van der Waals surface area contributed by atoms with Gasteiger partial charge >= 0.3 is 0 Å². The molecule has 0 aliphatic carbocycles. The maximum Gasteiger partial charge on any atom is 0.242 e. The number of hydrogen-bond donors (Lipinski definition) is 0. The molecule has 0 atom stereocenters. The van der Waals surface area contributed by atoms with Gasteiger partial charge in [0, 0.05) is 26.2 Å². The minimum atomic E-state index is 0.177. The van der Waals surface area contributed by atoms with Gasteiger partial charge in [0.05, 0.1) is 17.4 Å². The first-order chi connectivity index (χ1) is 9.24. The third-order valence-corrected chi connectivity index (χ3v) is 3.69. The predicted molar refractivity (Wildman–Crippen MR) is 73.8 cm³/mol. The number of aromatic nitrogens is 2. The Bertz CT molecular complexity index is 584. The van der Waals surface area contributed by atoms with E-state index in [0.29, 0.717) is 6.54 Å². The van der Waals surface area contributed by atoms with Gasteiger partial charge in [-0.3, -0.25) is 4.79 Å². The number of carbonyl (C=O) groups excluding carboxylic acids is 1. The standard InChI is InChI=1S/C14H18N4O/c1-16-6-8-17(9-7-16)14(19)10-18-11-15-12-4-2-3-5-13(12)18/h2-5,11H,6-10H2,1H3. The highest BCUT2D eigenvalue weighted by molar-refractivity contribution is 5.80. The lowest BCUT2D eigenvalue weighted by Gasteiger charge is -2.32. The molecule has 5 nitrogen and oxygen atoms in total. The van der Waals surface area contributed by atoms with Crippen molar-refractivity contribution >= 4 is 16.9 Å². The minimum Gasteiger partial charge on any atom is -0.339 e. The molecule has 2 heterocycles. The summed E-state index contributed by atoms with van der Waals surface area (Å²) in [6.07, 6.45) is 1.75. The minimum absolute atomic E-state index is 0.177. The van der Waals surface area contributed by atoms with Crippen molar-refractivity contribution in [1.29, 1.82) is 0 Å². The average Bonchev–Trinajstić information content (AvgIpc) is 2.83. The summed E-state index contributed by atoms with van der Waals surface area (Å²) in [7, 11) is 2.09. The molecule has 2 aromatic rings. The Hall–Kier alpha value is -1.88. The van der Waals surface area contributed by atoms with Gasteiger partial charge in [-0.1, -0.05) is 12.1 Å². The SMILES string of the molecule is CN1CCN(C(=O)Cn2cnc3ccccc32)CC1. The van der Waals surface area contributed by atoms with Gasteiger partial charge in [0.2, 0.25) is 5.91 Å². The van der Waals surface area contributed by atoms with Crippen LogP contribution in [0.25, 0.3) is 11.0 Å². The van der Waals surface area contributed by atoms with E-state index in [4.69, 9.17) is 0 Å². The average molecular weight is 258 g/mol. The zero-order valence-corrected chi connectivity index (χ0v) is 11.1. The topological polar surface area (TPSA) is 41.4 Å². The van der Waals surface area contributed by atoms with Crippen LogP contribution in [0.2, 0.25) is 0 Å². The van der Waals surface area contributed by atoms with Crippen molar-refractivity contribution in [3.05, 3.63) is 30.6 Å². The van der Waals surface area contributed by atoms with Crippen LogP contribution in [0, 0.1) is 0 Å². The second-order valence-corrected chi connectivity index (χ2v) is 5.05. The van der Waals surface area contributed by atoms with E-state index in [9.17, 15) is 4.79 Å². The van der Waals surface area contributed by atoms with Crippen LogP contribution in [-0.4, -0.2) is 58.5 Å². The van der Waals surface area contributed by atoms with E-state index in [-0.39, 0.29) is 5.91 Å². The number of carbonyl (C=O) groups is 1. The van der Waals surface area contributed by atoms with E-state index in [1.807, 2.05) is 33.7 Å². The fraction of sp³-hybridized carbons (Fsp3) is 0.429. The smallest absolute Gasteiger partial charge is 0.242 e. The van der Waals surface area contributed by atoms with E-state index in [0.717, 1.165) is 37.2 Å². The number of benzene rings is 1. The van der Waals surface area contributed by atoms with Crippen LogP contribution < -0.4 is 0 Å². The molecule has 3 rings (SSSR count). The first-order valence-corrected chi connectivity index (χ1v) is 6.60. The largest absolute Gasteiger partial charge is 0.339 e. The molecule has 0 N–H and O–H groups in total. The second kappa shape index (κ2) is 5.01.